The summed E-state index contributed by atoms with van der Waals surface area (Å²) in [4.78, 5) is 11.2. The number of nitrogens with zero attached hydrogens (tertiary/aromatic N) is 5. The average molecular weight is 578 g/mol. The van der Waals surface area contributed by atoms with Gasteiger partial charge in [0, 0.05) is 33.3 Å². The number of aryl methyl sites for hydroxylation is 1. The van der Waals surface area contributed by atoms with Crippen LogP contribution in [0.4, 0.5) is 11.6 Å². The van der Waals surface area contributed by atoms with Crippen LogP contribution in [0.5, 0.6) is 6.01 Å². The van der Waals surface area contributed by atoms with Crippen LogP contribution in [0, 0.1) is 6.92 Å². The summed E-state index contributed by atoms with van der Waals surface area (Å²) in [7, 11) is -3.84. The molecule has 0 aliphatic carbocycles. The van der Waals surface area contributed by atoms with Crippen molar-refractivity contribution in [2.45, 2.75) is 6.92 Å². The Balaban J connectivity index is 0.000000616. The highest BCUT2D eigenvalue weighted by molar-refractivity contribution is 7.85. The molecule has 1 aromatic carbocycles. The molecule has 2 N–H and O–H groups in total. The first-order chi connectivity index (χ1) is 17.7. The molecule has 2 aromatic rings. The molecule has 14 nitrogen and oxygen atoms in total. The smallest absolute Gasteiger partial charge is 0.320 e. The van der Waals surface area contributed by atoms with Gasteiger partial charge in [0.15, 0.2) is 5.82 Å². The van der Waals surface area contributed by atoms with Gasteiger partial charge < -0.3 is 19.1 Å². The number of methoxy groups -OCH3 is 1. The Hall–Kier alpha value is -2.89. The summed E-state index contributed by atoms with van der Waals surface area (Å²) in [5.41, 5.74) is 2.22. The van der Waals surface area contributed by atoms with Crippen molar-refractivity contribution in [2.75, 3.05) is 76.1 Å². The molecular weight excluding hydrogens is 542 g/mol. The minimum absolute atomic E-state index is 0.314. The molecule has 0 bridgehead atoms. The zero-order valence-electron chi connectivity index (χ0n) is 22.0. The molecule has 0 unspecified atom stereocenters. The van der Waals surface area contributed by atoms with Crippen molar-refractivity contribution in [2.24, 2.45) is 5.10 Å². The van der Waals surface area contributed by atoms with Gasteiger partial charge in [0.2, 0.25) is 0 Å². The number of anilines is 2. The summed E-state index contributed by atoms with van der Waals surface area (Å²) < 4.78 is 67.9. The largest absolute Gasteiger partial charge is 0.461 e. The monoisotopic (exact) mass is 577 g/mol. The molecule has 0 atom stereocenters. The van der Waals surface area contributed by atoms with Gasteiger partial charge in [-0.1, -0.05) is 29.8 Å². The van der Waals surface area contributed by atoms with Crippen LogP contribution in [-0.4, -0.2) is 108 Å². The molecular formula is C22H35N5O9S2. The van der Waals surface area contributed by atoms with E-state index in [2.05, 4.69) is 39.0 Å². The number of aromatic nitrogens is 2. The van der Waals surface area contributed by atoms with E-state index in [9.17, 15) is 16.8 Å². The van der Waals surface area contributed by atoms with Gasteiger partial charge in [0.1, 0.15) is 12.4 Å². The van der Waals surface area contributed by atoms with Crippen LogP contribution in [0.1, 0.15) is 11.1 Å². The summed E-state index contributed by atoms with van der Waals surface area (Å²) in [6, 6.07) is 10.4. The first-order valence-electron chi connectivity index (χ1n) is 11.2. The van der Waals surface area contributed by atoms with Crippen LogP contribution >= 0.6 is 0 Å². The van der Waals surface area contributed by atoms with Crippen LogP contribution in [0.15, 0.2) is 35.4 Å². The van der Waals surface area contributed by atoms with Crippen molar-refractivity contribution in [3.05, 3.63) is 41.5 Å². The molecule has 2 heterocycles. The zero-order valence-corrected chi connectivity index (χ0v) is 23.6. The predicted octanol–water partition coefficient (Wildman–Crippen LogP) is 1.13. The Labute approximate surface area is 223 Å². The van der Waals surface area contributed by atoms with Gasteiger partial charge in [-0.15, -0.1) is 0 Å². The highest BCUT2D eigenvalue weighted by atomic mass is 32.2. The molecule has 0 amide bonds. The minimum Gasteiger partial charge on any atom is -0.461 e. The summed E-state index contributed by atoms with van der Waals surface area (Å²) in [5.74, 6) is 1.46. The summed E-state index contributed by atoms with van der Waals surface area (Å²) in [6.07, 6.45) is 3.25. The number of hydrogen-bond donors (Lipinski definition) is 2. The number of benzene rings is 1. The summed E-state index contributed by atoms with van der Waals surface area (Å²) in [5, 5.41) is 6.24. The Morgan fingerprint density at radius 2 is 1.68 bits per heavy atom. The topological polar surface area (TPSA) is 181 Å². The van der Waals surface area contributed by atoms with Crippen LogP contribution in [-0.2, 0) is 29.7 Å². The Kier molecular flexibility index (Phi) is 14.1. The highest BCUT2D eigenvalue weighted by Crippen LogP contribution is 2.22. The number of hydrogen-bond acceptors (Lipinski definition) is 12. The quantitative estimate of drug-likeness (QED) is 0.197. The van der Waals surface area contributed by atoms with Gasteiger partial charge in [-0.25, -0.2) is 0 Å². The zero-order chi connectivity index (χ0) is 28.8. The van der Waals surface area contributed by atoms with Gasteiger partial charge in [-0.2, -0.15) is 31.9 Å². The Morgan fingerprint density at radius 1 is 1.08 bits per heavy atom. The number of ether oxygens (including phenoxy) is 3. The lowest BCUT2D eigenvalue weighted by atomic mass is 10.2. The maximum Gasteiger partial charge on any atom is 0.320 e. The van der Waals surface area contributed by atoms with Crippen molar-refractivity contribution in [1.82, 2.24) is 9.97 Å². The van der Waals surface area contributed by atoms with Gasteiger partial charge >= 0.3 is 6.01 Å². The maximum atomic E-state index is 9.19. The normalized spacial score (nSPS) is 13.7. The first-order valence-corrected chi connectivity index (χ1v) is 14.9. The van der Waals surface area contributed by atoms with E-state index in [0.29, 0.717) is 50.8 Å². The predicted molar refractivity (Wildman–Crippen MR) is 145 cm³/mol. The van der Waals surface area contributed by atoms with Crippen molar-refractivity contribution >= 4 is 38.1 Å². The second kappa shape index (κ2) is 16.2. The third-order valence-corrected chi connectivity index (χ3v) is 4.29. The van der Waals surface area contributed by atoms with Gasteiger partial charge in [0.05, 0.1) is 38.5 Å². The third kappa shape index (κ3) is 16.8. The van der Waals surface area contributed by atoms with E-state index in [0.717, 1.165) is 24.5 Å². The lowest BCUT2D eigenvalue weighted by Gasteiger charge is -2.28. The maximum absolute atomic E-state index is 9.19. The lowest BCUT2D eigenvalue weighted by Crippen LogP contribution is -2.37. The van der Waals surface area contributed by atoms with Crippen molar-refractivity contribution < 1.29 is 40.2 Å². The Bertz CT molecular complexity index is 1190. The second-order valence-electron chi connectivity index (χ2n) is 7.96. The number of morpholine rings is 1. The van der Waals surface area contributed by atoms with Crippen LogP contribution in [0.25, 0.3) is 0 Å². The molecule has 16 heteroatoms. The fourth-order valence-corrected chi connectivity index (χ4v) is 2.76. The van der Waals surface area contributed by atoms with Crippen molar-refractivity contribution in [3.8, 4) is 6.01 Å². The molecule has 1 aliphatic heterocycles. The average Bonchev–Trinajstić information content (AvgIpc) is 2.81. The van der Waals surface area contributed by atoms with Gasteiger partial charge in [0.25, 0.3) is 20.2 Å². The SMILES string of the molecule is COCCOc1nc(N2CCOCC2)cc(N(C)/N=C/c2cccc(C)c2)n1.CS(=O)(=O)O.CS(=O)(=O)O. The third-order valence-electron chi connectivity index (χ3n) is 4.29. The first kappa shape index (κ1) is 33.1. The van der Waals surface area contributed by atoms with Gasteiger partial charge in [-0.3, -0.25) is 14.1 Å². The molecule has 1 fully saturated rings. The molecule has 0 radical (unpaired) electrons. The Morgan fingerprint density at radius 3 is 2.24 bits per heavy atom. The standard InChI is InChI=1S/C20H27N5O3.2CH4O3S/c1-16-5-4-6-17(13-16)15-21-24(2)18-14-19(25-7-9-27-10-8-25)23-20(22-18)28-12-11-26-3;2*1-5(2,3)4/h4-6,13-15H,7-12H2,1-3H3;2*1H3,(H,2,3,4)/b21-15+;;. The van der Waals surface area contributed by atoms with Crippen LogP contribution < -0.4 is 14.6 Å². The molecule has 0 spiro atoms. The van der Waals surface area contributed by atoms with E-state index in [1.165, 1.54) is 5.56 Å². The highest BCUT2D eigenvalue weighted by Gasteiger charge is 2.17. The second-order valence-corrected chi connectivity index (χ2v) is 10.9. The summed E-state index contributed by atoms with van der Waals surface area (Å²) >= 11 is 0. The molecule has 3 rings (SSSR count). The van der Waals surface area contributed by atoms with Crippen molar-refractivity contribution in [3.63, 3.8) is 0 Å². The fraction of sp³-hybridized carbons (Fsp3) is 0.500. The van der Waals surface area contributed by atoms with Crippen LogP contribution in [0.2, 0.25) is 0 Å². The molecule has 0 saturated carbocycles. The van der Waals surface area contributed by atoms with E-state index in [1.807, 2.05) is 31.5 Å². The number of rotatable bonds is 8. The number of hydrazone groups is 1. The van der Waals surface area contributed by atoms with E-state index < -0.39 is 20.2 Å². The molecule has 38 heavy (non-hydrogen) atoms. The van der Waals surface area contributed by atoms with Gasteiger partial charge in [-0.05, 0) is 12.5 Å². The molecule has 1 aromatic heterocycles. The van der Waals surface area contributed by atoms with E-state index in [4.69, 9.17) is 23.3 Å². The lowest BCUT2D eigenvalue weighted by molar-refractivity contribution is 0.122. The molecule has 1 saturated heterocycles. The van der Waals surface area contributed by atoms with E-state index in [1.54, 1.807) is 12.1 Å². The van der Waals surface area contributed by atoms with Crippen LogP contribution in [0.3, 0.4) is 0 Å². The fourth-order valence-electron chi connectivity index (χ4n) is 2.76. The molecule has 214 valence electrons. The minimum atomic E-state index is -3.67. The summed E-state index contributed by atoms with van der Waals surface area (Å²) in [6.45, 7) is 5.85. The van der Waals surface area contributed by atoms with E-state index in [-0.39, 0.29) is 0 Å². The van der Waals surface area contributed by atoms with E-state index >= 15 is 0 Å². The molecule has 1 aliphatic rings. The van der Waals surface area contributed by atoms with Crippen molar-refractivity contribution in [1.29, 1.82) is 0 Å².